The summed E-state index contributed by atoms with van der Waals surface area (Å²) >= 11 is 5.37. The average Bonchev–Trinajstić information content (AvgIpc) is 2.15. The van der Waals surface area contributed by atoms with Crippen LogP contribution in [0.1, 0.15) is 11.1 Å². The Morgan fingerprint density at radius 1 is 1.43 bits per heavy atom. The quantitative estimate of drug-likeness (QED) is 0.722. The van der Waals surface area contributed by atoms with E-state index >= 15 is 0 Å². The molecule has 78 valence electrons. The highest BCUT2D eigenvalue weighted by Crippen LogP contribution is 2.38. The second-order valence-electron chi connectivity index (χ2n) is 2.51. The summed E-state index contributed by atoms with van der Waals surface area (Å²) in [7, 11) is 1.16. The molecule has 0 atom stereocenters. The summed E-state index contributed by atoms with van der Waals surface area (Å²) in [5.41, 5.74) is -0.941. The molecule has 14 heavy (non-hydrogen) atoms. The van der Waals surface area contributed by atoms with Crippen LogP contribution < -0.4 is 4.74 Å². The predicted molar refractivity (Wildman–Crippen MR) is 45.3 cm³/mol. The fourth-order valence-corrected chi connectivity index (χ4v) is 1.26. The van der Waals surface area contributed by atoms with Crippen molar-refractivity contribution in [2.75, 3.05) is 7.11 Å². The van der Waals surface area contributed by atoms with Crippen molar-refractivity contribution in [3.05, 3.63) is 23.5 Å². The first kappa shape index (κ1) is 11.1. The average molecular weight is 226 g/mol. The normalized spacial score (nSPS) is 11.5. The first-order valence-electron chi connectivity index (χ1n) is 3.64. The highest BCUT2D eigenvalue weighted by Gasteiger charge is 2.37. The molecular formula is C8H7ClF3NO. The topological polar surface area (TPSA) is 22.1 Å². The molecule has 0 saturated carbocycles. The molecule has 0 radical (unpaired) electrons. The first-order chi connectivity index (χ1) is 6.50. The lowest BCUT2D eigenvalue weighted by Crippen LogP contribution is -2.11. The van der Waals surface area contributed by atoms with Crippen LogP contribution in [0.3, 0.4) is 0 Å². The van der Waals surface area contributed by atoms with Gasteiger partial charge in [-0.05, 0) is 0 Å². The Morgan fingerprint density at radius 2 is 2.07 bits per heavy atom. The number of aromatic nitrogens is 1. The van der Waals surface area contributed by atoms with E-state index in [2.05, 4.69) is 9.72 Å². The molecule has 0 aromatic carbocycles. The molecule has 0 fully saturated rings. The smallest absolute Gasteiger partial charge is 0.420 e. The molecule has 0 bridgehead atoms. The van der Waals surface area contributed by atoms with Crippen molar-refractivity contribution >= 4 is 11.6 Å². The van der Waals surface area contributed by atoms with Gasteiger partial charge >= 0.3 is 6.18 Å². The highest BCUT2D eigenvalue weighted by molar-refractivity contribution is 6.17. The number of halogens is 4. The molecule has 0 aliphatic heterocycles. The molecule has 1 rings (SSSR count). The van der Waals surface area contributed by atoms with Gasteiger partial charge in [0, 0.05) is 17.6 Å². The standard InChI is InChI=1S/C8H7ClF3NO/c1-14-6-4-13-3-5(2-9)7(6)8(10,11)12/h3-4H,2H2,1H3. The maximum atomic E-state index is 12.5. The summed E-state index contributed by atoms with van der Waals surface area (Å²) < 4.78 is 42.1. The van der Waals surface area contributed by atoms with Crippen molar-refractivity contribution in [1.82, 2.24) is 4.98 Å². The third-order valence-electron chi connectivity index (χ3n) is 1.64. The highest BCUT2D eigenvalue weighted by atomic mass is 35.5. The van der Waals surface area contributed by atoms with Gasteiger partial charge in [0.05, 0.1) is 13.3 Å². The van der Waals surface area contributed by atoms with Crippen LogP contribution in [0.4, 0.5) is 13.2 Å². The van der Waals surface area contributed by atoms with E-state index in [0.29, 0.717) is 0 Å². The Labute approximate surface area is 83.7 Å². The number of hydrogen-bond donors (Lipinski definition) is 0. The van der Waals surface area contributed by atoms with E-state index in [0.717, 1.165) is 19.5 Å². The Kier molecular flexibility index (Phi) is 3.21. The van der Waals surface area contributed by atoms with Crippen molar-refractivity contribution in [2.45, 2.75) is 12.1 Å². The third-order valence-corrected chi connectivity index (χ3v) is 1.92. The first-order valence-corrected chi connectivity index (χ1v) is 4.18. The zero-order chi connectivity index (χ0) is 10.8. The summed E-state index contributed by atoms with van der Waals surface area (Å²) in [6.07, 6.45) is -2.38. The summed E-state index contributed by atoms with van der Waals surface area (Å²) in [4.78, 5) is 3.59. The molecule has 0 N–H and O–H groups in total. The summed E-state index contributed by atoms with van der Waals surface area (Å²) in [6.45, 7) is 0. The van der Waals surface area contributed by atoms with E-state index in [-0.39, 0.29) is 17.2 Å². The minimum absolute atomic E-state index is 0.0847. The van der Waals surface area contributed by atoms with Crippen molar-refractivity contribution in [2.24, 2.45) is 0 Å². The number of hydrogen-bond acceptors (Lipinski definition) is 2. The Balaban J connectivity index is 3.34. The molecule has 0 aliphatic rings. The van der Waals surface area contributed by atoms with Gasteiger partial charge in [-0.2, -0.15) is 13.2 Å². The second-order valence-corrected chi connectivity index (χ2v) is 2.77. The lowest BCUT2D eigenvalue weighted by atomic mass is 10.1. The minimum atomic E-state index is -4.47. The van der Waals surface area contributed by atoms with Gasteiger partial charge in [0.2, 0.25) is 0 Å². The number of nitrogens with zero attached hydrogens (tertiary/aromatic N) is 1. The third kappa shape index (κ3) is 2.09. The number of pyridine rings is 1. The van der Waals surface area contributed by atoms with E-state index < -0.39 is 11.7 Å². The summed E-state index contributed by atoms with van der Waals surface area (Å²) in [5.74, 6) is -0.561. The van der Waals surface area contributed by atoms with Gasteiger partial charge in [-0.1, -0.05) is 0 Å². The zero-order valence-corrected chi connectivity index (χ0v) is 7.99. The molecule has 0 amide bonds. The maximum Gasteiger partial charge on any atom is 0.420 e. The second kappa shape index (κ2) is 4.04. The van der Waals surface area contributed by atoms with Gasteiger partial charge in [0.25, 0.3) is 0 Å². The molecule has 0 aliphatic carbocycles. The van der Waals surface area contributed by atoms with Crippen molar-refractivity contribution in [3.8, 4) is 5.75 Å². The molecule has 2 nitrogen and oxygen atoms in total. The van der Waals surface area contributed by atoms with Crippen molar-refractivity contribution in [3.63, 3.8) is 0 Å². The van der Waals surface area contributed by atoms with Gasteiger partial charge in [0.15, 0.2) is 0 Å². The van der Waals surface area contributed by atoms with Crippen LogP contribution in [0.5, 0.6) is 5.75 Å². The Bertz CT molecular complexity index is 305. The molecule has 1 aromatic rings. The number of ether oxygens (including phenoxy) is 1. The SMILES string of the molecule is COc1cncc(CCl)c1C(F)(F)F. The minimum Gasteiger partial charge on any atom is -0.494 e. The maximum absolute atomic E-state index is 12.5. The predicted octanol–water partition coefficient (Wildman–Crippen LogP) is 2.85. The number of alkyl halides is 4. The molecular weight excluding hydrogens is 219 g/mol. The lowest BCUT2D eigenvalue weighted by molar-refractivity contribution is -0.139. The van der Waals surface area contributed by atoms with Crippen LogP contribution >= 0.6 is 11.6 Å². The van der Waals surface area contributed by atoms with Crippen LogP contribution in [0.15, 0.2) is 12.4 Å². The van der Waals surface area contributed by atoms with Gasteiger partial charge in [-0.15, -0.1) is 11.6 Å². The Hall–Kier alpha value is -0.970. The largest absolute Gasteiger partial charge is 0.494 e. The van der Waals surface area contributed by atoms with E-state index in [4.69, 9.17) is 11.6 Å². The summed E-state index contributed by atoms with van der Waals surface area (Å²) in [6, 6.07) is 0. The van der Waals surface area contributed by atoms with Gasteiger partial charge in [0.1, 0.15) is 11.3 Å². The van der Waals surface area contributed by atoms with Gasteiger partial charge in [-0.25, -0.2) is 0 Å². The fraction of sp³-hybridized carbons (Fsp3) is 0.375. The lowest BCUT2D eigenvalue weighted by Gasteiger charge is -2.14. The van der Waals surface area contributed by atoms with Gasteiger partial charge in [-0.3, -0.25) is 4.98 Å². The Morgan fingerprint density at radius 3 is 2.50 bits per heavy atom. The van der Waals surface area contributed by atoms with E-state index in [9.17, 15) is 13.2 Å². The van der Waals surface area contributed by atoms with Crippen LogP contribution in [0.25, 0.3) is 0 Å². The zero-order valence-electron chi connectivity index (χ0n) is 7.23. The number of methoxy groups -OCH3 is 1. The van der Waals surface area contributed by atoms with Gasteiger partial charge < -0.3 is 4.74 Å². The van der Waals surface area contributed by atoms with Crippen LogP contribution in [-0.2, 0) is 12.1 Å². The summed E-state index contributed by atoms with van der Waals surface area (Å²) in [5, 5.41) is 0. The molecule has 0 spiro atoms. The molecule has 1 aromatic heterocycles. The number of rotatable bonds is 2. The van der Waals surface area contributed by atoms with Crippen molar-refractivity contribution in [1.29, 1.82) is 0 Å². The van der Waals surface area contributed by atoms with E-state index in [1.54, 1.807) is 0 Å². The molecule has 0 saturated heterocycles. The van der Waals surface area contributed by atoms with E-state index in [1.807, 2.05) is 0 Å². The van der Waals surface area contributed by atoms with E-state index in [1.165, 1.54) is 0 Å². The monoisotopic (exact) mass is 225 g/mol. The van der Waals surface area contributed by atoms with Crippen LogP contribution in [-0.4, -0.2) is 12.1 Å². The fourth-order valence-electron chi connectivity index (χ4n) is 1.06. The van der Waals surface area contributed by atoms with Crippen LogP contribution in [0, 0.1) is 0 Å². The van der Waals surface area contributed by atoms with Crippen LogP contribution in [0.2, 0.25) is 0 Å². The molecule has 0 unspecified atom stereocenters. The molecule has 6 heteroatoms. The van der Waals surface area contributed by atoms with Crippen molar-refractivity contribution < 1.29 is 17.9 Å². The molecule has 1 heterocycles.